The summed E-state index contributed by atoms with van der Waals surface area (Å²) in [5, 5.41) is 9.92. The highest BCUT2D eigenvalue weighted by Crippen LogP contribution is 2.20. The third-order valence-corrected chi connectivity index (χ3v) is 3.04. The van der Waals surface area contributed by atoms with Gasteiger partial charge in [-0.3, -0.25) is 4.57 Å². The van der Waals surface area contributed by atoms with Crippen LogP contribution in [0, 0.1) is 12.0 Å². The summed E-state index contributed by atoms with van der Waals surface area (Å²) in [4.78, 5) is 11.2. The zero-order chi connectivity index (χ0) is 13.9. The highest BCUT2D eigenvalue weighted by Gasteiger charge is 2.12. The maximum absolute atomic E-state index is 11.2. The number of carboxylic acids is 1. The van der Waals surface area contributed by atoms with Crippen molar-refractivity contribution < 1.29 is 9.90 Å². The summed E-state index contributed by atoms with van der Waals surface area (Å²) < 4.78 is 1.66. The van der Waals surface area contributed by atoms with Gasteiger partial charge < -0.3 is 5.11 Å². The molecule has 3 aromatic rings. The summed E-state index contributed by atoms with van der Waals surface area (Å²) in [7, 11) is 0. The minimum Gasteiger partial charge on any atom is -0.478 e. The second-order valence-corrected chi connectivity index (χ2v) is 4.34. The molecule has 96 valence electrons. The minimum atomic E-state index is -0.943. The Morgan fingerprint density at radius 1 is 1.00 bits per heavy atom. The number of rotatable bonds is 1. The molecule has 0 unspecified atom stereocenters. The lowest BCUT2D eigenvalue weighted by Gasteiger charge is -1.93. The monoisotopic (exact) mass is 261 g/mol. The maximum Gasteiger partial charge on any atom is 0.337 e. The summed E-state index contributed by atoms with van der Waals surface area (Å²) >= 11 is 0. The summed E-state index contributed by atoms with van der Waals surface area (Å²) in [5.41, 5.74) is 1.96. The number of aromatic nitrogens is 1. The van der Waals surface area contributed by atoms with Crippen LogP contribution in [0.3, 0.4) is 0 Å². The molecule has 0 spiro atoms. The predicted octanol–water partition coefficient (Wildman–Crippen LogP) is 3.20. The summed E-state index contributed by atoms with van der Waals surface area (Å²) in [6, 6.07) is 19.9. The highest BCUT2D eigenvalue weighted by molar-refractivity contribution is 6.03. The lowest BCUT2D eigenvalue weighted by molar-refractivity contribution is 0.0699. The molecule has 2 aromatic carbocycles. The van der Waals surface area contributed by atoms with Gasteiger partial charge in [-0.2, -0.15) is 0 Å². The molecule has 3 rings (SSSR count). The van der Waals surface area contributed by atoms with Crippen molar-refractivity contribution in [2.75, 3.05) is 0 Å². The van der Waals surface area contributed by atoms with Crippen LogP contribution < -0.4 is 0 Å². The van der Waals surface area contributed by atoms with Crippen molar-refractivity contribution >= 4 is 16.9 Å². The smallest absolute Gasteiger partial charge is 0.337 e. The van der Waals surface area contributed by atoms with Crippen molar-refractivity contribution in [3.8, 4) is 12.0 Å². The number of aromatic carboxylic acids is 1. The van der Waals surface area contributed by atoms with Gasteiger partial charge >= 0.3 is 5.97 Å². The van der Waals surface area contributed by atoms with Crippen molar-refractivity contribution in [1.82, 2.24) is 4.57 Å². The Morgan fingerprint density at radius 2 is 1.70 bits per heavy atom. The second-order valence-electron chi connectivity index (χ2n) is 4.34. The summed E-state index contributed by atoms with van der Waals surface area (Å²) in [6.45, 7) is 0. The van der Waals surface area contributed by atoms with Crippen LogP contribution in [0.25, 0.3) is 10.9 Å². The average molecular weight is 261 g/mol. The van der Waals surface area contributed by atoms with E-state index in [-0.39, 0.29) is 5.56 Å². The van der Waals surface area contributed by atoms with Crippen molar-refractivity contribution in [1.29, 1.82) is 0 Å². The third-order valence-electron chi connectivity index (χ3n) is 3.04. The van der Waals surface area contributed by atoms with E-state index in [1.807, 2.05) is 48.5 Å². The molecule has 0 radical (unpaired) electrons. The van der Waals surface area contributed by atoms with Crippen LogP contribution in [-0.2, 0) is 0 Å². The van der Waals surface area contributed by atoms with Gasteiger partial charge in [0, 0.05) is 23.2 Å². The zero-order valence-corrected chi connectivity index (χ0v) is 10.6. The van der Waals surface area contributed by atoms with Crippen LogP contribution in [0.15, 0.2) is 60.8 Å². The van der Waals surface area contributed by atoms with Gasteiger partial charge in [-0.1, -0.05) is 36.4 Å². The van der Waals surface area contributed by atoms with Gasteiger partial charge in [0.25, 0.3) is 0 Å². The molecule has 0 aliphatic rings. The van der Waals surface area contributed by atoms with Gasteiger partial charge in [0.1, 0.15) is 0 Å². The van der Waals surface area contributed by atoms with Gasteiger partial charge in [-0.15, -0.1) is 0 Å². The molecule has 0 bridgehead atoms. The van der Waals surface area contributed by atoms with E-state index in [1.165, 1.54) is 0 Å². The lowest BCUT2D eigenvalue weighted by atomic mass is 10.2. The average Bonchev–Trinajstić information content (AvgIpc) is 2.85. The molecule has 0 aliphatic heterocycles. The normalized spacial score (nSPS) is 10.0. The van der Waals surface area contributed by atoms with Crippen LogP contribution in [0.1, 0.15) is 15.9 Å². The quantitative estimate of drug-likeness (QED) is 0.683. The number of benzene rings is 2. The number of carboxylic acid groups (broad SMARTS) is 1. The molecule has 0 saturated heterocycles. The Hall–Kier alpha value is -2.99. The first kappa shape index (κ1) is 12.1. The van der Waals surface area contributed by atoms with Crippen LogP contribution in [0.4, 0.5) is 0 Å². The first-order valence-corrected chi connectivity index (χ1v) is 6.16. The maximum atomic E-state index is 11.2. The standard InChI is InChI=1S/C17H11NO2/c19-17(20)15-12-18(16-9-5-4-8-14(15)16)11-10-13-6-2-1-3-7-13/h1-9,12H,(H,19,20). The van der Waals surface area contributed by atoms with Crippen LogP contribution in [0.5, 0.6) is 0 Å². The fourth-order valence-corrected chi connectivity index (χ4v) is 2.09. The predicted molar refractivity (Wildman–Crippen MR) is 77.6 cm³/mol. The van der Waals surface area contributed by atoms with Gasteiger partial charge in [-0.05, 0) is 24.1 Å². The van der Waals surface area contributed by atoms with Crippen molar-refractivity contribution in [3.63, 3.8) is 0 Å². The fraction of sp³-hybridized carbons (Fsp3) is 0. The molecular formula is C17H11NO2. The summed E-state index contributed by atoms with van der Waals surface area (Å²) in [5.74, 6) is 2.08. The zero-order valence-electron chi connectivity index (χ0n) is 10.6. The Kier molecular flexibility index (Phi) is 2.98. The number of hydrogen-bond acceptors (Lipinski definition) is 1. The van der Waals surface area contributed by atoms with Crippen molar-refractivity contribution in [2.45, 2.75) is 0 Å². The second kappa shape index (κ2) is 4.94. The largest absolute Gasteiger partial charge is 0.478 e. The molecule has 0 atom stereocenters. The van der Waals surface area contributed by atoms with E-state index in [1.54, 1.807) is 16.8 Å². The van der Waals surface area contributed by atoms with E-state index in [0.29, 0.717) is 5.39 Å². The van der Waals surface area contributed by atoms with E-state index in [9.17, 15) is 9.90 Å². The van der Waals surface area contributed by atoms with Gasteiger partial charge in [-0.25, -0.2) is 4.79 Å². The molecule has 20 heavy (non-hydrogen) atoms. The van der Waals surface area contributed by atoms with Gasteiger partial charge in [0.15, 0.2) is 0 Å². The number of carbonyl (C=O) groups is 1. The van der Waals surface area contributed by atoms with Crippen LogP contribution in [0.2, 0.25) is 0 Å². The van der Waals surface area contributed by atoms with Crippen LogP contribution >= 0.6 is 0 Å². The highest BCUT2D eigenvalue weighted by atomic mass is 16.4. The molecule has 1 heterocycles. The van der Waals surface area contributed by atoms with E-state index in [4.69, 9.17) is 0 Å². The molecule has 1 N–H and O–H groups in total. The SMILES string of the molecule is O=C(O)c1cn(C#Cc2ccccc2)c2ccccc12. The van der Waals surface area contributed by atoms with Crippen LogP contribution in [-0.4, -0.2) is 15.6 Å². The molecule has 3 heteroatoms. The molecule has 3 nitrogen and oxygen atoms in total. The van der Waals surface area contributed by atoms with Crippen molar-refractivity contribution in [3.05, 3.63) is 71.9 Å². The van der Waals surface area contributed by atoms with E-state index >= 15 is 0 Å². The summed E-state index contributed by atoms with van der Waals surface area (Å²) in [6.07, 6.45) is 1.56. The molecule has 0 amide bonds. The Balaban J connectivity index is 2.14. The minimum absolute atomic E-state index is 0.267. The number of nitrogens with zero attached hydrogens (tertiary/aromatic N) is 1. The van der Waals surface area contributed by atoms with Gasteiger partial charge in [0.05, 0.1) is 11.1 Å². The van der Waals surface area contributed by atoms with E-state index < -0.39 is 5.97 Å². The first-order chi connectivity index (χ1) is 9.75. The fourth-order valence-electron chi connectivity index (χ4n) is 2.09. The number of para-hydroxylation sites is 1. The number of hydrogen-bond donors (Lipinski definition) is 1. The molecule has 0 aliphatic carbocycles. The molecule has 0 fully saturated rings. The molecule has 1 aromatic heterocycles. The van der Waals surface area contributed by atoms with Gasteiger partial charge in [0.2, 0.25) is 0 Å². The Bertz CT molecular complexity index is 836. The third kappa shape index (κ3) is 2.15. The Labute approximate surface area is 116 Å². The first-order valence-electron chi connectivity index (χ1n) is 6.16. The number of fused-ring (bicyclic) bond motifs is 1. The van der Waals surface area contributed by atoms with Crippen molar-refractivity contribution in [2.24, 2.45) is 0 Å². The van der Waals surface area contributed by atoms with E-state index in [2.05, 4.69) is 12.0 Å². The molecule has 0 saturated carbocycles. The van der Waals surface area contributed by atoms with E-state index in [0.717, 1.165) is 11.1 Å². The topological polar surface area (TPSA) is 42.2 Å². The lowest BCUT2D eigenvalue weighted by Crippen LogP contribution is -1.93. The molecular weight excluding hydrogens is 250 g/mol. The Morgan fingerprint density at radius 3 is 2.45 bits per heavy atom.